The number of carbonyl (C=O) groups is 1. The van der Waals surface area contributed by atoms with Gasteiger partial charge in [-0.25, -0.2) is 9.18 Å². The highest BCUT2D eigenvalue weighted by Crippen LogP contribution is 2.08. The van der Waals surface area contributed by atoms with Crippen molar-refractivity contribution in [2.75, 3.05) is 0 Å². The molecule has 0 aliphatic heterocycles. The summed E-state index contributed by atoms with van der Waals surface area (Å²) in [6, 6.07) is 4.95. The van der Waals surface area contributed by atoms with Crippen molar-refractivity contribution in [1.82, 2.24) is 9.55 Å². The number of carbonyl (C=O) groups excluding carboxylic acids is 1. The molecule has 102 valence electrons. The van der Waals surface area contributed by atoms with Crippen LogP contribution in [-0.4, -0.2) is 20.3 Å². The number of halogens is 1. The molecule has 0 saturated carbocycles. The summed E-state index contributed by atoms with van der Waals surface area (Å²) in [5.74, 6) is -1.13. The lowest BCUT2D eigenvalue weighted by atomic mass is 10.1. The van der Waals surface area contributed by atoms with Crippen LogP contribution in [-0.2, 0) is 6.54 Å². The molecule has 2 aromatic rings. The average molecular weight is 277 g/mol. The molecule has 0 amide bonds. The fraction of sp³-hybridized carbons (Fsp3) is 0.0833. The van der Waals surface area contributed by atoms with E-state index in [1.165, 1.54) is 18.2 Å². The van der Waals surface area contributed by atoms with Gasteiger partial charge >= 0.3 is 11.4 Å². The van der Waals surface area contributed by atoms with Gasteiger partial charge in [0, 0.05) is 5.56 Å². The number of rotatable bonds is 4. The Hall–Kier alpha value is -2.90. The normalized spacial score (nSPS) is 10.2. The molecule has 0 fully saturated rings. The Balaban J connectivity index is 2.30. The van der Waals surface area contributed by atoms with Crippen LogP contribution in [0.25, 0.3) is 0 Å². The third-order valence-electron chi connectivity index (χ3n) is 2.51. The van der Waals surface area contributed by atoms with Crippen molar-refractivity contribution >= 4 is 11.5 Å². The number of nitrogens with zero attached hydrogens (tertiary/aromatic N) is 3. The zero-order chi connectivity index (χ0) is 14.7. The van der Waals surface area contributed by atoms with E-state index in [0.29, 0.717) is 0 Å². The Labute approximate surface area is 111 Å². The fourth-order valence-electron chi connectivity index (χ4n) is 1.56. The van der Waals surface area contributed by atoms with E-state index in [0.717, 1.165) is 23.0 Å². The molecule has 7 nitrogen and oxygen atoms in total. The van der Waals surface area contributed by atoms with Crippen LogP contribution in [0.3, 0.4) is 0 Å². The summed E-state index contributed by atoms with van der Waals surface area (Å²) in [6.07, 6.45) is 1.73. The summed E-state index contributed by atoms with van der Waals surface area (Å²) in [7, 11) is 0. The monoisotopic (exact) mass is 277 g/mol. The molecule has 1 aromatic carbocycles. The number of nitro groups is 1. The van der Waals surface area contributed by atoms with Crippen LogP contribution in [0.4, 0.5) is 10.1 Å². The molecule has 20 heavy (non-hydrogen) atoms. The first-order chi connectivity index (χ1) is 9.47. The fourth-order valence-corrected chi connectivity index (χ4v) is 1.56. The largest absolute Gasteiger partial charge is 0.348 e. The predicted molar refractivity (Wildman–Crippen MR) is 65.9 cm³/mol. The average Bonchev–Trinajstić information content (AvgIpc) is 2.41. The topological polar surface area (TPSA) is 95.1 Å². The molecule has 8 heteroatoms. The highest BCUT2D eigenvalue weighted by molar-refractivity contribution is 5.95. The Bertz CT molecular complexity index is 741. The Morgan fingerprint density at radius 2 is 2.20 bits per heavy atom. The molecule has 2 rings (SSSR count). The molecule has 0 unspecified atom stereocenters. The van der Waals surface area contributed by atoms with Crippen molar-refractivity contribution in [1.29, 1.82) is 0 Å². The Morgan fingerprint density at radius 1 is 1.45 bits per heavy atom. The molecule has 1 aromatic heterocycles. The van der Waals surface area contributed by atoms with Crippen LogP contribution in [0.1, 0.15) is 10.4 Å². The van der Waals surface area contributed by atoms with Crippen molar-refractivity contribution in [3.8, 4) is 0 Å². The Morgan fingerprint density at radius 3 is 2.85 bits per heavy atom. The zero-order valence-corrected chi connectivity index (χ0v) is 10.0. The van der Waals surface area contributed by atoms with Crippen LogP contribution < -0.4 is 5.69 Å². The van der Waals surface area contributed by atoms with Gasteiger partial charge in [-0.15, -0.1) is 0 Å². The van der Waals surface area contributed by atoms with E-state index < -0.39 is 34.4 Å². The van der Waals surface area contributed by atoms with E-state index >= 15 is 0 Å². The zero-order valence-electron chi connectivity index (χ0n) is 10.0. The second-order valence-electron chi connectivity index (χ2n) is 3.91. The van der Waals surface area contributed by atoms with Crippen LogP contribution in [0.2, 0.25) is 0 Å². The van der Waals surface area contributed by atoms with E-state index in [4.69, 9.17) is 0 Å². The van der Waals surface area contributed by atoms with Gasteiger partial charge in [0.05, 0.1) is 17.7 Å². The van der Waals surface area contributed by atoms with E-state index in [1.807, 2.05) is 0 Å². The van der Waals surface area contributed by atoms with Crippen molar-refractivity contribution in [2.45, 2.75) is 6.54 Å². The minimum absolute atomic E-state index is 0.0726. The second-order valence-corrected chi connectivity index (χ2v) is 3.91. The Kier molecular flexibility index (Phi) is 3.65. The highest BCUT2D eigenvalue weighted by atomic mass is 19.1. The number of hydrogen-bond acceptors (Lipinski definition) is 5. The molecule has 0 radical (unpaired) electrons. The van der Waals surface area contributed by atoms with Gasteiger partial charge in [0.15, 0.2) is 5.78 Å². The predicted octanol–water partition coefficient (Wildman–Crippen LogP) is 1.17. The molecule has 0 aliphatic rings. The third-order valence-corrected chi connectivity index (χ3v) is 2.51. The van der Waals surface area contributed by atoms with Gasteiger partial charge in [0.25, 0.3) is 0 Å². The van der Waals surface area contributed by atoms with Crippen molar-refractivity contribution in [2.24, 2.45) is 0 Å². The quantitative estimate of drug-likeness (QED) is 0.475. The lowest BCUT2D eigenvalue weighted by Gasteiger charge is -2.04. The first-order valence-electron chi connectivity index (χ1n) is 5.47. The molecule has 0 N–H and O–H groups in total. The van der Waals surface area contributed by atoms with Crippen LogP contribution >= 0.6 is 0 Å². The van der Waals surface area contributed by atoms with E-state index in [2.05, 4.69) is 4.98 Å². The van der Waals surface area contributed by atoms with Gasteiger partial charge in [-0.2, -0.15) is 4.98 Å². The number of Topliss-reactive ketones (excluding diaryl/α,β-unsaturated/α-hetero) is 1. The van der Waals surface area contributed by atoms with Gasteiger partial charge in [0.2, 0.25) is 0 Å². The van der Waals surface area contributed by atoms with Gasteiger partial charge in [-0.05, 0) is 12.1 Å². The molecule has 0 spiro atoms. The van der Waals surface area contributed by atoms with E-state index in [1.54, 1.807) is 0 Å². The summed E-state index contributed by atoms with van der Waals surface area (Å²) in [6.45, 7) is -0.447. The maximum Gasteiger partial charge on any atom is 0.348 e. The van der Waals surface area contributed by atoms with Gasteiger partial charge in [-0.3, -0.25) is 19.5 Å². The molecule has 0 atom stereocenters. The van der Waals surface area contributed by atoms with Crippen LogP contribution in [0.15, 0.2) is 41.5 Å². The maximum absolute atomic E-state index is 13.0. The molecule has 0 saturated heterocycles. The first kappa shape index (κ1) is 13.5. The van der Waals surface area contributed by atoms with Crippen LogP contribution in [0, 0.1) is 15.9 Å². The van der Waals surface area contributed by atoms with Crippen molar-refractivity contribution in [3.05, 3.63) is 68.6 Å². The lowest BCUT2D eigenvalue weighted by molar-refractivity contribution is -0.385. The van der Waals surface area contributed by atoms with Crippen molar-refractivity contribution < 1.29 is 14.1 Å². The first-order valence-corrected chi connectivity index (χ1v) is 5.47. The number of aromatic nitrogens is 2. The highest BCUT2D eigenvalue weighted by Gasteiger charge is 2.13. The molecule has 1 heterocycles. The molecule has 0 bridgehead atoms. The number of ketones is 1. The smallest absolute Gasteiger partial charge is 0.292 e. The summed E-state index contributed by atoms with van der Waals surface area (Å²) in [5, 5.41) is 10.6. The SMILES string of the molecule is O=C(Cn1cc([N+](=O)[O-])cnc1=O)c1cccc(F)c1. The minimum Gasteiger partial charge on any atom is -0.292 e. The molecular formula is C12H8FN3O4. The lowest BCUT2D eigenvalue weighted by Crippen LogP contribution is -2.26. The van der Waals surface area contributed by atoms with Gasteiger partial charge in [0.1, 0.15) is 12.0 Å². The van der Waals surface area contributed by atoms with Crippen molar-refractivity contribution in [3.63, 3.8) is 0 Å². The summed E-state index contributed by atoms with van der Waals surface area (Å²) < 4.78 is 13.8. The minimum atomic E-state index is -0.791. The molecular weight excluding hydrogens is 269 g/mol. The summed E-state index contributed by atoms with van der Waals surface area (Å²) in [4.78, 5) is 36.5. The van der Waals surface area contributed by atoms with Crippen LogP contribution in [0.5, 0.6) is 0 Å². The van der Waals surface area contributed by atoms with E-state index in [9.17, 15) is 24.1 Å². The maximum atomic E-state index is 13.0. The number of benzene rings is 1. The van der Waals surface area contributed by atoms with Gasteiger partial charge in [-0.1, -0.05) is 12.1 Å². The van der Waals surface area contributed by atoms with Gasteiger partial charge < -0.3 is 0 Å². The summed E-state index contributed by atoms with van der Waals surface area (Å²) >= 11 is 0. The van der Waals surface area contributed by atoms with E-state index in [-0.39, 0.29) is 5.56 Å². The second kappa shape index (κ2) is 5.39. The molecule has 0 aliphatic carbocycles. The standard InChI is InChI=1S/C12H8FN3O4/c13-9-3-1-2-8(4-9)11(17)7-15-6-10(16(19)20)5-14-12(15)18/h1-6H,7H2. The number of hydrogen-bond donors (Lipinski definition) is 0. The third kappa shape index (κ3) is 2.91. The summed E-state index contributed by atoms with van der Waals surface area (Å²) in [5.41, 5.74) is -1.12.